The van der Waals surface area contributed by atoms with Crippen molar-refractivity contribution in [2.24, 2.45) is 0 Å². The molecule has 0 radical (unpaired) electrons. The summed E-state index contributed by atoms with van der Waals surface area (Å²) in [6.07, 6.45) is 10.6. The first-order chi connectivity index (χ1) is 8.23. The van der Waals surface area contributed by atoms with Gasteiger partial charge >= 0.3 is 0 Å². The molecule has 0 spiro atoms. The minimum atomic E-state index is 0.353. The van der Waals surface area contributed by atoms with Gasteiger partial charge in [0.05, 0.1) is 0 Å². The molecule has 17 heavy (non-hydrogen) atoms. The van der Waals surface area contributed by atoms with Crippen LogP contribution in [0, 0.1) is 0 Å². The van der Waals surface area contributed by atoms with Crippen molar-refractivity contribution in [3.05, 3.63) is 30.1 Å². The minimum absolute atomic E-state index is 0.353. The van der Waals surface area contributed by atoms with Gasteiger partial charge in [0.25, 0.3) is 0 Å². The van der Waals surface area contributed by atoms with Gasteiger partial charge in [-0.05, 0) is 30.5 Å². The standard InChI is InChI=1S/C15H24N2/c1-13(2)17-12-15(8-4-3-5-9-15)14-6-10-16-11-7-14/h6-7,10-11,13,17H,3-5,8-9,12H2,1-2H3. The van der Waals surface area contributed by atoms with E-state index in [0.29, 0.717) is 11.5 Å². The van der Waals surface area contributed by atoms with Crippen molar-refractivity contribution in [2.45, 2.75) is 57.4 Å². The highest BCUT2D eigenvalue weighted by molar-refractivity contribution is 5.24. The molecule has 1 heterocycles. The van der Waals surface area contributed by atoms with E-state index >= 15 is 0 Å². The van der Waals surface area contributed by atoms with Gasteiger partial charge in [0.15, 0.2) is 0 Å². The number of aromatic nitrogens is 1. The molecule has 1 aliphatic rings. The Morgan fingerprint density at radius 2 is 1.82 bits per heavy atom. The Balaban J connectivity index is 2.17. The summed E-state index contributed by atoms with van der Waals surface area (Å²) in [7, 11) is 0. The molecule has 1 saturated carbocycles. The van der Waals surface area contributed by atoms with Crippen LogP contribution in [0.15, 0.2) is 24.5 Å². The molecule has 1 aromatic rings. The molecule has 0 aromatic carbocycles. The van der Waals surface area contributed by atoms with Crippen LogP contribution < -0.4 is 5.32 Å². The van der Waals surface area contributed by atoms with Crippen molar-refractivity contribution in [2.75, 3.05) is 6.54 Å². The average molecular weight is 232 g/mol. The number of nitrogens with zero attached hydrogens (tertiary/aromatic N) is 1. The molecule has 0 saturated heterocycles. The van der Waals surface area contributed by atoms with E-state index < -0.39 is 0 Å². The molecule has 0 amide bonds. The van der Waals surface area contributed by atoms with Crippen molar-refractivity contribution >= 4 is 0 Å². The Labute approximate surface area is 105 Å². The number of hydrogen-bond donors (Lipinski definition) is 1. The van der Waals surface area contributed by atoms with Crippen LogP contribution in [0.5, 0.6) is 0 Å². The zero-order valence-corrected chi connectivity index (χ0v) is 11.1. The van der Waals surface area contributed by atoms with Crippen molar-refractivity contribution in [3.63, 3.8) is 0 Å². The Bertz CT molecular complexity index is 326. The first kappa shape index (κ1) is 12.6. The molecule has 1 aliphatic carbocycles. The van der Waals surface area contributed by atoms with Crippen LogP contribution in [-0.2, 0) is 5.41 Å². The van der Waals surface area contributed by atoms with E-state index in [-0.39, 0.29) is 0 Å². The van der Waals surface area contributed by atoms with Gasteiger partial charge in [-0.2, -0.15) is 0 Å². The fourth-order valence-electron chi connectivity index (χ4n) is 2.90. The van der Waals surface area contributed by atoms with Gasteiger partial charge in [0, 0.05) is 30.4 Å². The summed E-state index contributed by atoms with van der Waals surface area (Å²) >= 11 is 0. The van der Waals surface area contributed by atoms with Crippen LogP contribution in [0.4, 0.5) is 0 Å². The van der Waals surface area contributed by atoms with Crippen molar-refractivity contribution in [1.29, 1.82) is 0 Å². The normalized spacial score (nSPS) is 19.5. The van der Waals surface area contributed by atoms with Crippen molar-refractivity contribution in [3.8, 4) is 0 Å². The predicted octanol–water partition coefficient (Wildman–Crippen LogP) is 3.28. The second-order valence-corrected chi connectivity index (χ2v) is 5.61. The third-order valence-corrected chi connectivity index (χ3v) is 3.95. The van der Waals surface area contributed by atoms with Crippen molar-refractivity contribution in [1.82, 2.24) is 10.3 Å². The highest BCUT2D eigenvalue weighted by Crippen LogP contribution is 2.38. The maximum Gasteiger partial charge on any atom is 0.0270 e. The minimum Gasteiger partial charge on any atom is -0.314 e. The van der Waals surface area contributed by atoms with Gasteiger partial charge in [0.2, 0.25) is 0 Å². The fourth-order valence-corrected chi connectivity index (χ4v) is 2.90. The second kappa shape index (κ2) is 5.63. The molecule has 0 bridgehead atoms. The first-order valence-electron chi connectivity index (χ1n) is 6.87. The lowest BCUT2D eigenvalue weighted by atomic mass is 9.69. The van der Waals surface area contributed by atoms with E-state index in [1.54, 1.807) is 0 Å². The third kappa shape index (κ3) is 3.06. The zero-order valence-electron chi connectivity index (χ0n) is 11.1. The highest BCUT2D eigenvalue weighted by Gasteiger charge is 2.33. The maximum atomic E-state index is 4.15. The fraction of sp³-hybridized carbons (Fsp3) is 0.667. The molecule has 2 heteroatoms. The first-order valence-corrected chi connectivity index (χ1v) is 6.87. The lowest BCUT2D eigenvalue weighted by Gasteiger charge is -2.38. The number of pyridine rings is 1. The average Bonchev–Trinajstić information content (AvgIpc) is 2.39. The maximum absolute atomic E-state index is 4.15. The molecule has 1 aromatic heterocycles. The summed E-state index contributed by atoms with van der Waals surface area (Å²) in [5.41, 5.74) is 1.83. The molecule has 0 aliphatic heterocycles. The van der Waals surface area contributed by atoms with E-state index in [4.69, 9.17) is 0 Å². The second-order valence-electron chi connectivity index (χ2n) is 5.61. The molecule has 0 unspecified atom stereocenters. The molecule has 2 nitrogen and oxygen atoms in total. The van der Waals surface area contributed by atoms with Gasteiger partial charge in [-0.1, -0.05) is 33.1 Å². The van der Waals surface area contributed by atoms with Crippen molar-refractivity contribution < 1.29 is 0 Å². The van der Waals surface area contributed by atoms with Crippen LogP contribution in [0.3, 0.4) is 0 Å². The Morgan fingerprint density at radius 3 is 2.41 bits per heavy atom. The van der Waals surface area contributed by atoms with Crippen LogP contribution >= 0.6 is 0 Å². The summed E-state index contributed by atoms with van der Waals surface area (Å²) in [4.78, 5) is 4.15. The van der Waals surface area contributed by atoms with E-state index in [9.17, 15) is 0 Å². The molecular formula is C15H24N2. The number of rotatable bonds is 4. The Kier molecular flexibility index (Phi) is 4.16. The van der Waals surface area contributed by atoms with Gasteiger partial charge in [-0.3, -0.25) is 4.98 Å². The largest absolute Gasteiger partial charge is 0.314 e. The summed E-state index contributed by atoms with van der Waals surface area (Å²) in [6.45, 7) is 5.56. The lowest BCUT2D eigenvalue weighted by Crippen LogP contribution is -2.42. The lowest BCUT2D eigenvalue weighted by molar-refractivity contribution is 0.273. The molecule has 1 fully saturated rings. The van der Waals surface area contributed by atoms with Crippen LogP contribution in [0.2, 0.25) is 0 Å². The van der Waals surface area contributed by atoms with E-state index in [2.05, 4.69) is 36.3 Å². The van der Waals surface area contributed by atoms with Gasteiger partial charge in [-0.15, -0.1) is 0 Å². The van der Waals surface area contributed by atoms with Crippen LogP contribution in [0.1, 0.15) is 51.5 Å². The molecule has 2 rings (SSSR count). The monoisotopic (exact) mass is 232 g/mol. The Morgan fingerprint density at radius 1 is 1.18 bits per heavy atom. The summed E-state index contributed by atoms with van der Waals surface area (Å²) in [6, 6.07) is 4.97. The SMILES string of the molecule is CC(C)NCC1(c2ccncc2)CCCCC1. The number of hydrogen-bond acceptors (Lipinski definition) is 2. The van der Waals surface area contributed by atoms with Gasteiger partial charge < -0.3 is 5.32 Å². The van der Waals surface area contributed by atoms with E-state index in [1.807, 2.05) is 12.4 Å². The summed E-state index contributed by atoms with van der Waals surface area (Å²) in [5.74, 6) is 0. The molecular weight excluding hydrogens is 208 g/mol. The molecule has 94 valence electrons. The quantitative estimate of drug-likeness (QED) is 0.861. The number of nitrogens with one attached hydrogen (secondary N) is 1. The van der Waals surface area contributed by atoms with Crippen LogP contribution in [-0.4, -0.2) is 17.6 Å². The van der Waals surface area contributed by atoms with Gasteiger partial charge in [0.1, 0.15) is 0 Å². The van der Waals surface area contributed by atoms with Gasteiger partial charge in [-0.25, -0.2) is 0 Å². The summed E-state index contributed by atoms with van der Waals surface area (Å²) in [5, 5.41) is 3.63. The molecule has 1 N–H and O–H groups in total. The Hall–Kier alpha value is -0.890. The molecule has 0 atom stereocenters. The topological polar surface area (TPSA) is 24.9 Å². The summed E-state index contributed by atoms with van der Waals surface area (Å²) < 4.78 is 0. The highest BCUT2D eigenvalue weighted by atomic mass is 14.9. The zero-order chi connectivity index (χ0) is 12.1. The third-order valence-electron chi connectivity index (χ3n) is 3.95. The predicted molar refractivity (Wildman–Crippen MR) is 72.1 cm³/mol. The smallest absolute Gasteiger partial charge is 0.0270 e. The van der Waals surface area contributed by atoms with Crippen LogP contribution in [0.25, 0.3) is 0 Å². The van der Waals surface area contributed by atoms with E-state index in [1.165, 1.54) is 37.7 Å². The van der Waals surface area contributed by atoms with E-state index in [0.717, 1.165) is 6.54 Å².